The summed E-state index contributed by atoms with van der Waals surface area (Å²) in [7, 11) is -4.39. The van der Waals surface area contributed by atoms with Gasteiger partial charge in [0.05, 0.1) is 0 Å². The first-order valence-corrected chi connectivity index (χ1v) is 4.94. The van der Waals surface area contributed by atoms with Gasteiger partial charge in [0.15, 0.2) is 0 Å². The molecule has 1 aromatic carbocycles. The van der Waals surface area contributed by atoms with Gasteiger partial charge in [0.25, 0.3) is 0 Å². The minimum absolute atomic E-state index is 0.565. The van der Waals surface area contributed by atoms with Gasteiger partial charge in [-0.05, 0) is 6.07 Å². The van der Waals surface area contributed by atoms with Gasteiger partial charge in [-0.1, -0.05) is 18.2 Å². The second-order valence-corrected chi connectivity index (χ2v) is 4.02. The first-order valence-electron chi connectivity index (χ1n) is 3.33. The molecule has 0 aliphatic rings. The van der Waals surface area contributed by atoms with Gasteiger partial charge in [0.2, 0.25) is 15.5 Å². The highest BCUT2D eigenvalue weighted by molar-refractivity contribution is 7.89. The molecule has 1 aromatic rings. The Morgan fingerprint density at radius 2 is 1.85 bits per heavy atom. The summed E-state index contributed by atoms with van der Waals surface area (Å²) in [5, 5.41) is 4.51. The Morgan fingerprint density at radius 1 is 1.31 bits per heavy atom. The van der Waals surface area contributed by atoms with Crippen LogP contribution in [0, 0.1) is 5.82 Å². The van der Waals surface area contributed by atoms with Gasteiger partial charge < -0.3 is 0 Å². The van der Waals surface area contributed by atoms with Crippen LogP contribution in [-0.2, 0) is 10.0 Å². The zero-order chi connectivity index (χ0) is 10.1. The van der Waals surface area contributed by atoms with Gasteiger partial charge in [-0.15, -0.1) is 0 Å². The number of primary sulfonamides is 1. The minimum atomic E-state index is -4.39. The van der Waals surface area contributed by atoms with Crippen molar-refractivity contribution < 1.29 is 17.2 Å². The van der Waals surface area contributed by atoms with E-state index in [9.17, 15) is 17.2 Å². The van der Waals surface area contributed by atoms with Gasteiger partial charge in [-0.3, -0.25) is 0 Å². The van der Waals surface area contributed by atoms with Crippen molar-refractivity contribution >= 4 is 10.0 Å². The maximum absolute atomic E-state index is 12.9. The van der Waals surface area contributed by atoms with E-state index in [1.807, 2.05) is 0 Å². The molecule has 3 nitrogen and oxygen atoms in total. The number of hydrogen-bond donors (Lipinski definition) is 1. The normalized spacial score (nSPS) is 14.1. The zero-order valence-corrected chi connectivity index (χ0v) is 7.26. The number of hydrogen-bond acceptors (Lipinski definition) is 2. The molecule has 0 aliphatic carbocycles. The Hall–Kier alpha value is -1.01. The monoisotopic (exact) mass is 207 g/mol. The summed E-state index contributed by atoms with van der Waals surface area (Å²) < 4.78 is 46.8. The molecule has 2 N–H and O–H groups in total. The van der Waals surface area contributed by atoms with Gasteiger partial charge in [-0.25, -0.2) is 22.3 Å². The van der Waals surface area contributed by atoms with E-state index in [4.69, 9.17) is 0 Å². The molecule has 1 rings (SSSR count). The SMILES string of the molecule is NS(=O)(=O)C(F)c1ccccc1F. The van der Waals surface area contributed by atoms with Crippen LogP contribution < -0.4 is 5.14 Å². The quantitative estimate of drug-likeness (QED) is 0.788. The molecule has 0 spiro atoms. The molecule has 0 aliphatic heterocycles. The van der Waals surface area contributed by atoms with E-state index in [2.05, 4.69) is 5.14 Å². The van der Waals surface area contributed by atoms with Crippen molar-refractivity contribution in [2.24, 2.45) is 5.14 Å². The van der Waals surface area contributed by atoms with Crippen LogP contribution in [0.15, 0.2) is 24.3 Å². The molecule has 0 bridgehead atoms. The van der Waals surface area contributed by atoms with Crippen molar-refractivity contribution in [2.45, 2.75) is 5.50 Å². The molecule has 0 heterocycles. The topological polar surface area (TPSA) is 60.2 Å². The fraction of sp³-hybridized carbons (Fsp3) is 0.143. The van der Waals surface area contributed by atoms with E-state index >= 15 is 0 Å². The van der Waals surface area contributed by atoms with Crippen molar-refractivity contribution in [1.29, 1.82) is 0 Å². The van der Waals surface area contributed by atoms with Gasteiger partial charge in [-0.2, -0.15) is 0 Å². The van der Waals surface area contributed by atoms with E-state index in [1.165, 1.54) is 12.1 Å². The predicted octanol–water partition coefficient (Wildman–Crippen LogP) is 1.08. The standard InChI is InChI=1S/C7H7F2NO2S/c8-6-4-2-1-3-5(6)7(9)13(10,11)12/h1-4,7H,(H2,10,11,12). The summed E-state index contributed by atoms with van der Waals surface area (Å²) in [6.07, 6.45) is 0. The average molecular weight is 207 g/mol. The van der Waals surface area contributed by atoms with Crippen molar-refractivity contribution in [3.8, 4) is 0 Å². The summed E-state index contributed by atoms with van der Waals surface area (Å²) in [4.78, 5) is 0. The van der Waals surface area contributed by atoms with Crippen LogP contribution in [0.3, 0.4) is 0 Å². The van der Waals surface area contributed by atoms with E-state index in [0.717, 1.165) is 12.1 Å². The van der Waals surface area contributed by atoms with Crippen LogP contribution in [0.4, 0.5) is 8.78 Å². The molecule has 0 fully saturated rings. The fourth-order valence-electron chi connectivity index (χ4n) is 0.836. The number of nitrogens with two attached hydrogens (primary N) is 1. The smallest absolute Gasteiger partial charge is 0.226 e. The highest BCUT2D eigenvalue weighted by atomic mass is 32.2. The van der Waals surface area contributed by atoms with Gasteiger partial charge in [0, 0.05) is 5.56 Å². The Kier molecular flexibility index (Phi) is 2.63. The lowest BCUT2D eigenvalue weighted by atomic mass is 10.2. The Balaban J connectivity index is 3.17. The first kappa shape index (κ1) is 10.1. The van der Waals surface area contributed by atoms with Crippen LogP contribution in [-0.4, -0.2) is 8.42 Å². The lowest BCUT2D eigenvalue weighted by Gasteiger charge is -2.06. The summed E-state index contributed by atoms with van der Waals surface area (Å²) in [5.41, 5.74) is -3.07. The largest absolute Gasteiger partial charge is 0.246 e. The summed E-state index contributed by atoms with van der Waals surface area (Å²) in [6, 6.07) is 4.66. The van der Waals surface area contributed by atoms with Gasteiger partial charge in [0.1, 0.15) is 5.82 Å². The summed E-state index contributed by atoms with van der Waals surface area (Å²) >= 11 is 0. The minimum Gasteiger partial charge on any atom is -0.226 e. The van der Waals surface area contributed by atoms with Crippen LogP contribution in [0.1, 0.15) is 11.1 Å². The summed E-state index contributed by atoms with van der Waals surface area (Å²) in [6.45, 7) is 0. The highest BCUT2D eigenvalue weighted by Gasteiger charge is 2.25. The van der Waals surface area contributed by atoms with E-state index in [0.29, 0.717) is 0 Å². The third-order valence-electron chi connectivity index (χ3n) is 1.44. The molecular formula is C7H7F2NO2S. The highest BCUT2D eigenvalue weighted by Crippen LogP contribution is 2.23. The van der Waals surface area contributed by atoms with Crippen LogP contribution >= 0.6 is 0 Å². The third-order valence-corrected chi connectivity index (χ3v) is 2.27. The maximum Gasteiger partial charge on any atom is 0.246 e. The molecule has 0 saturated carbocycles. The Labute approximate surface area is 74.2 Å². The molecule has 0 amide bonds. The molecule has 72 valence electrons. The molecule has 6 heteroatoms. The fourth-order valence-corrected chi connectivity index (χ4v) is 1.38. The molecular weight excluding hydrogens is 200 g/mol. The van der Waals surface area contributed by atoms with Crippen LogP contribution in [0.2, 0.25) is 0 Å². The summed E-state index contributed by atoms with van der Waals surface area (Å²) in [5.74, 6) is -0.927. The number of benzene rings is 1. The van der Waals surface area contributed by atoms with Crippen molar-refractivity contribution in [3.63, 3.8) is 0 Å². The molecule has 0 aromatic heterocycles. The van der Waals surface area contributed by atoms with E-state index in [1.54, 1.807) is 0 Å². The number of sulfonamides is 1. The Bertz CT molecular complexity index is 405. The number of halogens is 2. The third kappa shape index (κ3) is 2.22. The molecule has 0 saturated heterocycles. The second-order valence-electron chi connectivity index (χ2n) is 2.43. The van der Waals surface area contributed by atoms with Crippen LogP contribution in [0.25, 0.3) is 0 Å². The maximum atomic E-state index is 12.9. The molecule has 13 heavy (non-hydrogen) atoms. The Morgan fingerprint density at radius 3 is 2.31 bits per heavy atom. The first-order chi connectivity index (χ1) is 5.93. The number of alkyl halides is 1. The van der Waals surface area contributed by atoms with E-state index < -0.39 is 26.9 Å². The average Bonchev–Trinajstić information content (AvgIpc) is 2.02. The zero-order valence-electron chi connectivity index (χ0n) is 6.44. The molecule has 0 radical (unpaired) electrons. The lowest BCUT2D eigenvalue weighted by molar-refractivity contribution is 0.417. The predicted molar refractivity (Wildman–Crippen MR) is 43.4 cm³/mol. The molecule has 1 unspecified atom stereocenters. The van der Waals surface area contributed by atoms with Crippen LogP contribution in [0.5, 0.6) is 0 Å². The lowest BCUT2D eigenvalue weighted by Crippen LogP contribution is -2.19. The van der Waals surface area contributed by atoms with Crippen molar-refractivity contribution in [2.75, 3.05) is 0 Å². The van der Waals surface area contributed by atoms with Crippen molar-refractivity contribution in [3.05, 3.63) is 35.6 Å². The van der Waals surface area contributed by atoms with Crippen molar-refractivity contribution in [1.82, 2.24) is 0 Å². The number of rotatable bonds is 2. The van der Waals surface area contributed by atoms with Gasteiger partial charge >= 0.3 is 0 Å². The molecule has 1 atom stereocenters. The second kappa shape index (κ2) is 3.39. The van der Waals surface area contributed by atoms with E-state index in [-0.39, 0.29) is 0 Å².